The molecular formula is C19H33N3O8. The van der Waals surface area contributed by atoms with Crippen LogP contribution in [0.1, 0.15) is 53.9 Å². The van der Waals surface area contributed by atoms with Crippen molar-refractivity contribution in [3.8, 4) is 0 Å². The molecule has 0 aromatic carbocycles. The molecule has 0 aliphatic heterocycles. The van der Waals surface area contributed by atoms with Gasteiger partial charge in [-0.15, -0.1) is 0 Å². The zero-order chi connectivity index (χ0) is 23.7. The number of nitrogens with one attached hydrogen (secondary N) is 3. The highest BCUT2D eigenvalue weighted by molar-refractivity contribution is 5.91. The maximum absolute atomic E-state index is 12.6. The summed E-state index contributed by atoms with van der Waals surface area (Å²) in [6.07, 6.45) is -0.908. The Labute approximate surface area is 175 Å². The van der Waals surface area contributed by atoms with E-state index in [9.17, 15) is 29.1 Å². The first-order valence-electron chi connectivity index (χ1n) is 9.63. The second-order valence-electron chi connectivity index (χ2n) is 8.27. The average Bonchev–Trinajstić information content (AvgIpc) is 2.62. The number of aliphatic hydroxyl groups is 1. The van der Waals surface area contributed by atoms with Crippen LogP contribution >= 0.6 is 0 Å². The van der Waals surface area contributed by atoms with Gasteiger partial charge in [0.2, 0.25) is 17.7 Å². The van der Waals surface area contributed by atoms with Gasteiger partial charge in [0.25, 0.3) is 0 Å². The second kappa shape index (κ2) is 11.5. The summed E-state index contributed by atoms with van der Waals surface area (Å²) in [4.78, 5) is 58.7. The molecule has 11 nitrogen and oxygen atoms in total. The van der Waals surface area contributed by atoms with Crippen molar-refractivity contribution in [2.75, 3.05) is 13.1 Å². The number of carboxylic acid groups (broad SMARTS) is 2. The van der Waals surface area contributed by atoms with Crippen LogP contribution in [0.2, 0.25) is 0 Å². The molecule has 0 heterocycles. The molecule has 30 heavy (non-hydrogen) atoms. The standard InChI is InChI=1S/C19H33N3O8/c1-6-19(5,17(30)20-8-11(2)23)10-18(3,4)16(29)21-9-13(24)22-12(15(27)28)7-14(25)26/h11-12,23H,6-10H2,1-5H3,(H,20,30)(H,21,29)(H,22,24)(H,25,26)(H,27,28). The highest BCUT2D eigenvalue weighted by atomic mass is 16.4. The van der Waals surface area contributed by atoms with E-state index >= 15 is 0 Å². The van der Waals surface area contributed by atoms with Gasteiger partial charge >= 0.3 is 11.9 Å². The monoisotopic (exact) mass is 431 g/mol. The first-order chi connectivity index (χ1) is 13.6. The lowest BCUT2D eigenvalue weighted by Gasteiger charge is -2.35. The minimum absolute atomic E-state index is 0.0856. The quantitative estimate of drug-likeness (QED) is 0.225. The molecule has 11 heteroatoms. The molecule has 0 aliphatic rings. The van der Waals surface area contributed by atoms with Crippen LogP contribution in [0, 0.1) is 10.8 Å². The first-order valence-corrected chi connectivity index (χ1v) is 9.63. The van der Waals surface area contributed by atoms with Gasteiger partial charge in [-0.05, 0) is 19.8 Å². The number of carbonyl (C=O) groups is 5. The number of carbonyl (C=O) groups excluding carboxylic acids is 3. The van der Waals surface area contributed by atoms with Gasteiger partial charge in [-0.3, -0.25) is 19.2 Å². The molecule has 6 N–H and O–H groups in total. The SMILES string of the molecule is CCC(C)(CC(C)(C)C(=O)NCC(=O)NC(CC(=O)O)C(=O)O)C(=O)NCC(C)O. The summed E-state index contributed by atoms with van der Waals surface area (Å²) in [5, 5.41) is 34.0. The fourth-order valence-electron chi connectivity index (χ4n) is 2.90. The summed E-state index contributed by atoms with van der Waals surface area (Å²) >= 11 is 0. The molecule has 0 fully saturated rings. The third-order valence-corrected chi connectivity index (χ3v) is 4.75. The molecule has 0 rings (SSSR count). The van der Waals surface area contributed by atoms with E-state index in [1.54, 1.807) is 27.7 Å². The van der Waals surface area contributed by atoms with E-state index in [2.05, 4.69) is 10.6 Å². The lowest BCUT2D eigenvalue weighted by molar-refractivity contribution is -0.147. The van der Waals surface area contributed by atoms with Crippen molar-refractivity contribution < 1.29 is 39.3 Å². The number of hydrogen-bond donors (Lipinski definition) is 6. The van der Waals surface area contributed by atoms with E-state index in [1.165, 1.54) is 6.92 Å². The lowest BCUT2D eigenvalue weighted by Crippen LogP contribution is -2.50. The van der Waals surface area contributed by atoms with Crippen molar-refractivity contribution in [1.82, 2.24) is 16.0 Å². The largest absolute Gasteiger partial charge is 0.481 e. The molecule has 0 saturated heterocycles. The summed E-state index contributed by atoms with van der Waals surface area (Å²) < 4.78 is 0. The fraction of sp³-hybridized carbons (Fsp3) is 0.737. The molecule has 3 amide bonds. The maximum Gasteiger partial charge on any atom is 0.326 e. The molecule has 0 aromatic rings. The minimum Gasteiger partial charge on any atom is -0.481 e. The summed E-state index contributed by atoms with van der Waals surface area (Å²) in [7, 11) is 0. The Hall–Kier alpha value is -2.69. The van der Waals surface area contributed by atoms with Crippen molar-refractivity contribution in [3.05, 3.63) is 0 Å². The number of hydrogen-bond acceptors (Lipinski definition) is 6. The van der Waals surface area contributed by atoms with E-state index in [1.807, 2.05) is 5.32 Å². The van der Waals surface area contributed by atoms with Crippen LogP contribution < -0.4 is 16.0 Å². The predicted octanol–water partition coefficient (Wildman–Crippen LogP) is -0.524. The van der Waals surface area contributed by atoms with Crippen molar-refractivity contribution >= 4 is 29.7 Å². The van der Waals surface area contributed by atoms with Crippen molar-refractivity contribution in [1.29, 1.82) is 0 Å². The summed E-state index contributed by atoms with van der Waals surface area (Å²) in [6, 6.07) is -1.61. The highest BCUT2D eigenvalue weighted by Gasteiger charge is 2.41. The average molecular weight is 431 g/mol. The lowest BCUT2D eigenvalue weighted by atomic mass is 9.71. The Balaban J connectivity index is 4.95. The molecule has 0 radical (unpaired) electrons. The normalized spacial score (nSPS) is 15.3. The van der Waals surface area contributed by atoms with Gasteiger partial charge in [0, 0.05) is 17.4 Å². The Morgan fingerprint density at radius 3 is 1.97 bits per heavy atom. The number of aliphatic hydroxyl groups excluding tert-OH is 1. The Kier molecular flexibility index (Phi) is 10.5. The summed E-state index contributed by atoms with van der Waals surface area (Å²) in [5.74, 6) is -4.56. The van der Waals surface area contributed by atoms with Crippen LogP contribution in [0.25, 0.3) is 0 Å². The number of rotatable bonds is 13. The number of amides is 3. The van der Waals surface area contributed by atoms with Crippen LogP contribution in [0.4, 0.5) is 0 Å². The predicted molar refractivity (Wildman–Crippen MR) is 106 cm³/mol. The van der Waals surface area contributed by atoms with Gasteiger partial charge in [0.1, 0.15) is 6.04 Å². The zero-order valence-corrected chi connectivity index (χ0v) is 18.1. The topological polar surface area (TPSA) is 182 Å². The first kappa shape index (κ1) is 27.3. The van der Waals surface area contributed by atoms with E-state index in [0.29, 0.717) is 6.42 Å². The van der Waals surface area contributed by atoms with E-state index in [-0.39, 0.29) is 18.9 Å². The van der Waals surface area contributed by atoms with Crippen LogP contribution in [0.3, 0.4) is 0 Å². The molecule has 0 aromatic heterocycles. The highest BCUT2D eigenvalue weighted by Crippen LogP contribution is 2.37. The molecule has 0 saturated carbocycles. The number of carboxylic acids is 2. The molecule has 0 spiro atoms. The third kappa shape index (κ3) is 9.21. The van der Waals surface area contributed by atoms with Crippen LogP contribution in [-0.2, 0) is 24.0 Å². The van der Waals surface area contributed by atoms with E-state index in [0.717, 1.165) is 0 Å². The van der Waals surface area contributed by atoms with Gasteiger partial charge in [0.15, 0.2) is 0 Å². The Morgan fingerprint density at radius 1 is 0.967 bits per heavy atom. The summed E-state index contributed by atoms with van der Waals surface area (Å²) in [5.41, 5.74) is -1.94. The third-order valence-electron chi connectivity index (χ3n) is 4.75. The Bertz CT molecular complexity index is 662. The van der Waals surface area contributed by atoms with E-state index < -0.39 is 59.7 Å². The molecule has 0 aliphatic carbocycles. The van der Waals surface area contributed by atoms with Gasteiger partial charge in [-0.1, -0.05) is 27.7 Å². The van der Waals surface area contributed by atoms with Crippen molar-refractivity contribution in [2.45, 2.75) is 66.0 Å². The smallest absolute Gasteiger partial charge is 0.326 e. The Morgan fingerprint density at radius 2 is 1.53 bits per heavy atom. The minimum atomic E-state index is -1.61. The second-order valence-corrected chi connectivity index (χ2v) is 8.27. The molecule has 172 valence electrons. The van der Waals surface area contributed by atoms with Crippen LogP contribution in [0.5, 0.6) is 0 Å². The molecule has 3 unspecified atom stereocenters. The van der Waals surface area contributed by atoms with E-state index in [4.69, 9.17) is 10.2 Å². The van der Waals surface area contributed by atoms with Crippen LogP contribution in [-0.4, -0.2) is 70.2 Å². The van der Waals surface area contributed by atoms with Crippen molar-refractivity contribution in [3.63, 3.8) is 0 Å². The van der Waals surface area contributed by atoms with Crippen molar-refractivity contribution in [2.24, 2.45) is 10.8 Å². The zero-order valence-electron chi connectivity index (χ0n) is 18.1. The maximum atomic E-state index is 12.6. The van der Waals surface area contributed by atoms with Gasteiger partial charge < -0.3 is 31.3 Å². The molecule has 3 atom stereocenters. The molecule has 0 bridgehead atoms. The number of aliphatic carboxylic acids is 2. The fourth-order valence-corrected chi connectivity index (χ4v) is 2.90. The van der Waals surface area contributed by atoms with Crippen LogP contribution in [0.15, 0.2) is 0 Å². The van der Waals surface area contributed by atoms with Gasteiger partial charge in [0.05, 0.1) is 19.1 Å². The van der Waals surface area contributed by atoms with Gasteiger partial charge in [-0.25, -0.2) is 4.79 Å². The molecular weight excluding hydrogens is 398 g/mol. The summed E-state index contributed by atoms with van der Waals surface area (Å²) in [6.45, 7) is 7.82. The van der Waals surface area contributed by atoms with Gasteiger partial charge in [-0.2, -0.15) is 0 Å².